The number of nitrogens with one attached hydrogen (secondary N) is 1. The van der Waals surface area contributed by atoms with E-state index in [1.807, 2.05) is 20.9 Å². The van der Waals surface area contributed by atoms with Gasteiger partial charge in [0.2, 0.25) is 0 Å². The zero-order chi connectivity index (χ0) is 15.1. The maximum absolute atomic E-state index is 5.79. The molecule has 3 nitrogen and oxygen atoms in total. The minimum absolute atomic E-state index is 0.156. The molecule has 0 saturated heterocycles. The molecule has 2 unspecified atom stereocenters. The van der Waals surface area contributed by atoms with Gasteiger partial charge >= 0.3 is 0 Å². The summed E-state index contributed by atoms with van der Waals surface area (Å²) >= 11 is 0. The predicted octanol–water partition coefficient (Wildman–Crippen LogP) is 3.84. The van der Waals surface area contributed by atoms with Crippen LogP contribution in [0.15, 0.2) is 22.6 Å². The summed E-state index contributed by atoms with van der Waals surface area (Å²) in [5, 5.41) is 3.43. The monoisotopic (exact) mass is 285 g/mol. The highest BCUT2D eigenvalue weighted by molar-refractivity contribution is 5.46. The summed E-state index contributed by atoms with van der Waals surface area (Å²) in [4.78, 5) is 0. The highest BCUT2D eigenvalue weighted by Gasteiger charge is 2.24. The summed E-state index contributed by atoms with van der Waals surface area (Å²) in [6, 6.07) is 6.67. The Labute approximate surface area is 126 Å². The van der Waals surface area contributed by atoms with Crippen LogP contribution in [0.1, 0.15) is 46.7 Å². The van der Waals surface area contributed by atoms with Crippen molar-refractivity contribution in [2.45, 2.75) is 46.3 Å². The molecule has 112 valence electrons. The SMILES string of the molecule is CNC(c1ccc2c(c1)CC(C)O2)c1c(C)oc(C)c1C. The van der Waals surface area contributed by atoms with Crippen LogP contribution in [0.25, 0.3) is 0 Å². The van der Waals surface area contributed by atoms with Gasteiger partial charge in [-0.15, -0.1) is 0 Å². The molecule has 2 atom stereocenters. The fraction of sp³-hybridized carbons (Fsp3) is 0.444. The van der Waals surface area contributed by atoms with Crippen molar-refractivity contribution in [1.82, 2.24) is 5.32 Å². The van der Waals surface area contributed by atoms with Crippen molar-refractivity contribution in [3.05, 3.63) is 52.0 Å². The maximum Gasteiger partial charge on any atom is 0.123 e. The molecule has 21 heavy (non-hydrogen) atoms. The quantitative estimate of drug-likeness (QED) is 0.930. The minimum Gasteiger partial charge on any atom is -0.490 e. The van der Waals surface area contributed by atoms with Crippen molar-refractivity contribution in [1.29, 1.82) is 0 Å². The van der Waals surface area contributed by atoms with Crippen LogP contribution in [-0.4, -0.2) is 13.2 Å². The Morgan fingerprint density at radius 3 is 2.57 bits per heavy atom. The molecule has 0 saturated carbocycles. The van der Waals surface area contributed by atoms with Crippen LogP contribution in [0.4, 0.5) is 0 Å². The molecule has 1 aromatic carbocycles. The number of fused-ring (bicyclic) bond motifs is 1. The number of furan rings is 1. The van der Waals surface area contributed by atoms with Crippen LogP contribution >= 0.6 is 0 Å². The van der Waals surface area contributed by atoms with E-state index in [0.29, 0.717) is 0 Å². The minimum atomic E-state index is 0.156. The Morgan fingerprint density at radius 2 is 1.95 bits per heavy atom. The smallest absolute Gasteiger partial charge is 0.123 e. The van der Waals surface area contributed by atoms with Crippen molar-refractivity contribution in [3.63, 3.8) is 0 Å². The van der Waals surface area contributed by atoms with Crippen molar-refractivity contribution in [2.24, 2.45) is 0 Å². The Bertz CT molecular complexity index is 672. The van der Waals surface area contributed by atoms with Crippen LogP contribution in [0.2, 0.25) is 0 Å². The van der Waals surface area contributed by atoms with Gasteiger partial charge < -0.3 is 14.5 Å². The number of hydrogen-bond donors (Lipinski definition) is 1. The topological polar surface area (TPSA) is 34.4 Å². The lowest BCUT2D eigenvalue weighted by atomic mass is 9.93. The molecule has 0 fully saturated rings. The third kappa shape index (κ3) is 2.36. The van der Waals surface area contributed by atoms with Crippen molar-refractivity contribution in [2.75, 3.05) is 7.05 Å². The standard InChI is InChI=1S/C18H23NO2/c1-10-8-15-9-14(6-7-16(15)20-10)18(19-5)17-11(2)12(3)21-13(17)4/h6-7,9-10,18-19H,8H2,1-5H3. The first-order chi connectivity index (χ1) is 10.0. The molecule has 0 aliphatic carbocycles. The number of aryl methyl sites for hydroxylation is 2. The van der Waals surface area contributed by atoms with Crippen LogP contribution in [0.3, 0.4) is 0 Å². The average Bonchev–Trinajstić information content (AvgIpc) is 2.92. The molecule has 1 aliphatic rings. The van der Waals surface area contributed by atoms with Crippen molar-refractivity contribution in [3.8, 4) is 5.75 Å². The van der Waals surface area contributed by atoms with Crippen molar-refractivity contribution >= 4 is 0 Å². The van der Waals surface area contributed by atoms with Gasteiger partial charge in [-0.1, -0.05) is 12.1 Å². The first-order valence-electron chi connectivity index (χ1n) is 7.54. The van der Waals surface area contributed by atoms with Gasteiger partial charge in [-0.3, -0.25) is 0 Å². The molecule has 0 radical (unpaired) electrons. The first kappa shape index (κ1) is 14.2. The summed E-state index contributed by atoms with van der Waals surface area (Å²) in [5.41, 5.74) is 5.05. The third-order valence-corrected chi connectivity index (χ3v) is 4.45. The molecule has 0 amide bonds. The Hall–Kier alpha value is -1.74. The molecular weight excluding hydrogens is 262 g/mol. The van der Waals surface area contributed by atoms with E-state index in [9.17, 15) is 0 Å². The lowest BCUT2D eigenvalue weighted by molar-refractivity contribution is 0.254. The van der Waals surface area contributed by atoms with Crippen LogP contribution in [0.5, 0.6) is 5.75 Å². The fourth-order valence-electron chi connectivity index (χ4n) is 3.33. The van der Waals surface area contributed by atoms with Crippen LogP contribution < -0.4 is 10.1 Å². The molecule has 3 heteroatoms. The summed E-state index contributed by atoms with van der Waals surface area (Å²) in [7, 11) is 2.00. The fourth-order valence-corrected chi connectivity index (χ4v) is 3.33. The second-order valence-electron chi connectivity index (χ2n) is 5.97. The predicted molar refractivity (Wildman–Crippen MR) is 84.1 cm³/mol. The maximum atomic E-state index is 5.79. The third-order valence-electron chi connectivity index (χ3n) is 4.45. The van der Waals surface area contributed by atoms with E-state index in [-0.39, 0.29) is 12.1 Å². The van der Waals surface area contributed by atoms with E-state index in [2.05, 4.69) is 37.4 Å². The highest BCUT2D eigenvalue weighted by Crippen LogP contribution is 2.35. The van der Waals surface area contributed by atoms with E-state index in [4.69, 9.17) is 9.15 Å². The Kier molecular flexibility index (Phi) is 3.54. The summed E-state index contributed by atoms with van der Waals surface area (Å²) < 4.78 is 11.6. The summed E-state index contributed by atoms with van der Waals surface area (Å²) in [6.07, 6.45) is 1.27. The lowest BCUT2D eigenvalue weighted by Gasteiger charge is -2.18. The van der Waals surface area contributed by atoms with Crippen LogP contribution in [-0.2, 0) is 6.42 Å². The zero-order valence-corrected chi connectivity index (χ0v) is 13.4. The lowest BCUT2D eigenvalue weighted by Crippen LogP contribution is -2.19. The first-order valence-corrected chi connectivity index (χ1v) is 7.54. The van der Waals surface area contributed by atoms with Gasteiger partial charge in [-0.05, 0) is 57.5 Å². The molecule has 1 N–H and O–H groups in total. The zero-order valence-electron chi connectivity index (χ0n) is 13.4. The number of ether oxygens (including phenoxy) is 1. The van der Waals surface area contributed by atoms with Gasteiger partial charge in [-0.2, -0.15) is 0 Å². The highest BCUT2D eigenvalue weighted by atomic mass is 16.5. The number of benzene rings is 1. The van der Waals surface area contributed by atoms with Crippen LogP contribution in [0, 0.1) is 20.8 Å². The van der Waals surface area contributed by atoms with E-state index in [0.717, 1.165) is 23.7 Å². The Morgan fingerprint density at radius 1 is 1.19 bits per heavy atom. The summed E-state index contributed by atoms with van der Waals surface area (Å²) in [6.45, 7) is 8.31. The van der Waals surface area contributed by atoms with E-state index in [1.54, 1.807) is 0 Å². The molecule has 2 aromatic rings. The number of hydrogen-bond acceptors (Lipinski definition) is 3. The molecule has 2 heterocycles. The molecule has 1 aliphatic heterocycles. The van der Waals surface area contributed by atoms with Gasteiger partial charge in [0.25, 0.3) is 0 Å². The molecular formula is C18H23NO2. The van der Waals surface area contributed by atoms with Gasteiger partial charge in [0.15, 0.2) is 0 Å². The van der Waals surface area contributed by atoms with E-state index < -0.39 is 0 Å². The molecule has 1 aromatic heterocycles. The normalized spacial score (nSPS) is 18.4. The molecule has 0 bridgehead atoms. The van der Waals surface area contributed by atoms with E-state index in [1.165, 1.54) is 22.3 Å². The van der Waals surface area contributed by atoms with Crippen molar-refractivity contribution < 1.29 is 9.15 Å². The summed E-state index contributed by atoms with van der Waals surface area (Å²) in [5.74, 6) is 3.02. The molecule has 0 spiro atoms. The van der Waals surface area contributed by atoms with Gasteiger partial charge in [0, 0.05) is 12.0 Å². The number of rotatable bonds is 3. The second kappa shape index (κ2) is 5.23. The van der Waals surface area contributed by atoms with E-state index >= 15 is 0 Å². The second-order valence-corrected chi connectivity index (χ2v) is 5.97. The average molecular weight is 285 g/mol. The largest absolute Gasteiger partial charge is 0.490 e. The molecule has 3 rings (SSSR count). The van der Waals surface area contributed by atoms with Gasteiger partial charge in [-0.25, -0.2) is 0 Å². The van der Waals surface area contributed by atoms with Gasteiger partial charge in [0.05, 0.1) is 6.04 Å². The Balaban J connectivity index is 2.03. The van der Waals surface area contributed by atoms with Gasteiger partial charge in [0.1, 0.15) is 23.4 Å².